The van der Waals surface area contributed by atoms with E-state index in [-0.39, 0.29) is 18.6 Å². The number of hydrogen-bond acceptors (Lipinski definition) is 7. The summed E-state index contributed by atoms with van der Waals surface area (Å²) in [6.07, 6.45) is 1.75. The van der Waals surface area contributed by atoms with Crippen LogP contribution < -0.4 is 5.56 Å². The van der Waals surface area contributed by atoms with Gasteiger partial charge in [-0.2, -0.15) is 0 Å². The summed E-state index contributed by atoms with van der Waals surface area (Å²) in [6.45, 7) is 4.13. The minimum Gasteiger partial charge on any atom is -0.458 e. The molecule has 0 spiro atoms. The van der Waals surface area contributed by atoms with E-state index >= 15 is 0 Å². The number of para-hydroxylation sites is 1. The third-order valence-electron chi connectivity index (χ3n) is 6.02. The quantitative estimate of drug-likeness (QED) is 0.310. The van der Waals surface area contributed by atoms with E-state index in [0.29, 0.717) is 35.7 Å². The summed E-state index contributed by atoms with van der Waals surface area (Å²) in [5.41, 5.74) is 2.09. The van der Waals surface area contributed by atoms with E-state index in [4.69, 9.17) is 14.6 Å². The topological polar surface area (TPSA) is 103 Å². The summed E-state index contributed by atoms with van der Waals surface area (Å²) in [5.74, 6) is -0.735. The molecule has 4 heterocycles. The van der Waals surface area contributed by atoms with Crippen molar-refractivity contribution in [2.24, 2.45) is 5.16 Å². The molecule has 3 aromatic rings. The molecule has 5 rings (SSSR count). The Kier molecular flexibility index (Phi) is 4.40. The van der Waals surface area contributed by atoms with Crippen LogP contribution in [0.25, 0.3) is 22.3 Å². The predicted molar refractivity (Wildman–Crippen MR) is 114 cm³/mol. The molecule has 31 heavy (non-hydrogen) atoms. The Bertz CT molecular complexity index is 1330. The monoisotopic (exact) mass is 419 g/mol. The number of fused-ring (bicyclic) bond motifs is 5. The number of aromatic nitrogens is 2. The van der Waals surface area contributed by atoms with E-state index in [1.54, 1.807) is 23.8 Å². The van der Waals surface area contributed by atoms with E-state index in [9.17, 15) is 14.7 Å². The first-order valence-corrected chi connectivity index (χ1v) is 10.2. The summed E-state index contributed by atoms with van der Waals surface area (Å²) in [4.78, 5) is 35.6. The van der Waals surface area contributed by atoms with Gasteiger partial charge in [0, 0.05) is 22.1 Å². The van der Waals surface area contributed by atoms with E-state index in [2.05, 4.69) is 5.16 Å². The lowest BCUT2D eigenvalue weighted by atomic mass is 9.86. The Morgan fingerprint density at radius 1 is 1.29 bits per heavy atom. The van der Waals surface area contributed by atoms with Gasteiger partial charge in [-0.25, -0.2) is 9.78 Å². The van der Waals surface area contributed by atoms with Crippen molar-refractivity contribution in [1.82, 2.24) is 9.55 Å². The second kappa shape index (κ2) is 7.02. The summed E-state index contributed by atoms with van der Waals surface area (Å²) in [7, 11) is 0. The van der Waals surface area contributed by atoms with Crippen LogP contribution in [0, 0.1) is 0 Å². The molecule has 0 bridgehead atoms. The molecule has 0 fully saturated rings. The number of rotatable bonds is 4. The third kappa shape index (κ3) is 2.71. The number of nitrogens with zero attached hydrogens (tertiary/aromatic N) is 3. The normalized spacial score (nSPS) is 19.3. The van der Waals surface area contributed by atoms with Gasteiger partial charge in [-0.1, -0.05) is 30.3 Å². The van der Waals surface area contributed by atoms with Gasteiger partial charge >= 0.3 is 5.97 Å². The molecule has 158 valence electrons. The average Bonchev–Trinajstić information content (AvgIpc) is 3.15. The van der Waals surface area contributed by atoms with Gasteiger partial charge in [0.05, 0.1) is 35.2 Å². The lowest BCUT2D eigenvalue weighted by Gasteiger charge is -2.31. The first kappa shape index (κ1) is 19.4. The van der Waals surface area contributed by atoms with Gasteiger partial charge in [-0.05, 0) is 25.5 Å². The van der Waals surface area contributed by atoms with Crippen LogP contribution in [0.3, 0.4) is 0 Å². The molecule has 8 heteroatoms. The molecular formula is C23H21N3O5. The number of aliphatic hydroxyl groups is 1. The minimum atomic E-state index is -1.85. The van der Waals surface area contributed by atoms with Crippen LogP contribution in [0.1, 0.15) is 42.5 Å². The number of carbonyl (C=O) groups excluding carboxylic acids is 1. The zero-order chi connectivity index (χ0) is 21.8. The molecule has 0 saturated carbocycles. The Hall–Kier alpha value is -3.52. The predicted octanol–water partition coefficient (Wildman–Crippen LogP) is 2.45. The average molecular weight is 419 g/mol. The fourth-order valence-electron chi connectivity index (χ4n) is 4.37. The second-order valence-electron chi connectivity index (χ2n) is 7.63. The number of benzene rings is 1. The van der Waals surface area contributed by atoms with Gasteiger partial charge in [-0.15, -0.1) is 0 Å². The van der Waals surface area contributed by atoms with Crippen LogP contribution in [0.5, 0.6) is 0 Å². The number of cyclic esters (lactones) is 1. The molecule has 1 N–H and O–H groups in total. The molecule has 0 aliphatic carbocycles. The highest BCUT2D eigenvalue weighted by atomic mass is 16.6. The Morgan fingerprint density at radius 3 is 2.87 bits per heavy atom. The largest absolute Gasteiger partial charge is 0.458 e. The lowest BCUT2D eigenvalue weighted by Crippen LogP contribution is -2.44. The highest BCUT2D eigenvalue weighted by Crippen LogP contribution is 2.39. The standard InChI is InChI=1S/C23H21N3O5/c1-3-23(29)17-9-19-20-15(11-26(19)21(27)16(17)12-30-22(23)28)14(10-24-31-4-2)13-7-5-6-8-18(13)25-20/h5-10,29H,3-4,11-12H2,1-2H3/b24-10-/t23-/m0/s1. The van der Waals surface area contributed by atoms with Crippen molar-refractivity contribution in [3.8, 4) is 11.4 Å². The number of hydrogen-bond donors (Lipinski definition) is 1. The SMILES string of the molecule is CCO/N=C\c1c2c(nc3ccccc13)-c1cc3c(c(=O)n1C2)COC(=O)[C@]3(O)CC. The maximum absolute atomic E-state index is 13.3. The smallest absolute Gasteiger partial charge is 0.343 e. The van der Waals surface area contributed by atoms with E-state index in [0.717, 1.165) is 22.0 Å². The van der Waals surface area contributed by atoms with Crippen molar-refractivity contribution >= 4 is 23.1 Å². The summed E-state index contributed by atoms with van der Waals surface area (Å²) >= 11 is 0. The molecular weight excluding hydrogens is 398 g/mol. The van der Waals surface area contributed by atoms with Crippen molar-refractivity contribution < 1.29 is 19.5 Å². The highest BCUT2D eigenvalue weighted by molar-refractivity contribution is 6.02. The van der Waals surface area contributed by atoms with Gasteiger partial charge < -0.3 is 19.2 Å². The maximum atomic E-state index is 13.3. The highest BCUT2D eigenvalue weighted by Gasteiger charge is 2.45. The van der Waals surface area contributed by atoms with Crippen LogP contribution >= 0.6 is 0 Å². The Balaban J connectivity index is 1.80. The second-order valence-corrected chi connectivity index (χ2v) is 7.63. The minimum absolute atomic E-state index is 0.103. The van der Waals surface area contributed by atoms with Crippen molar-refractivity contribution in [3.63, 3.8) is 0 Å². The van der Waals surface area contributed by atoms with Crippen LogP contribution in [-0.2, 0) is 33.1 Å². The van der Waals surface area contributed by atoms with E-state index in [1.165, 1.54) is 0 Å². The molecule has 2 aliphatic rings. The molecule has 1 aromatic carbocycles. The van der Waals surface area contributed by atoms with Crippen molar-refractivity contribution in [1.29, 1.82) is 0 Å². The Labute approximate surface area is 177 Å². The van der Waals surface area contributed by atoms with E-state index < -0.39 is 11.6 Å². The van der Waals surface area contributed by atoms with Crippen LogP contribution in [-0.4, -0.2) is 33.4 Å². The van der Waals surface area contributed by atoms with Crippen molar-refractivity contribution in [3.05, 3.63) is 62.9 Å². The zero-order valence-corrected chi connectivity index (χ0v) is 17.2. The molecule has 0 amide bonds. The van der Waals surface area contributed by atoms with Crippen LogP contribution in [0.15, 0.2) is 40.3 Å². The lowest BCUT2D eigenvalue weighted by molar-refractivity contribution is -0.172. The molecule has 0 unspecified atom stereocenters. The Morgan fingerprint density at radius 2 is 2.10 bits per heavy atom. The molecule has 2 aliphatic heterocycles. The van der Waals surface area contributed by atoms with Crippen LogP contribution in [0.4, 0.5) is 0 Å². The first-order valence-electron chi connectivity index (χ1n) is 10.2. The van der Waals surface area contributed by atoms with E-state index in [1.807, 2.05) is 31.2 Å². The number of ether oxygens (including phenoxy) is 1. The summed E-state index contributed by atoms with van der Waals surface area (Å²) in [6, 6.07) is 9.37. The molecule has 0 radical (unpaired) electrons. The van der Waals surface area contributed by atoms with Gasteiger partial charge in [0.1, 0.15) is 13.2 Å². The zero-order valence-electron chi connectivity index (χ0n) is 17.2. The fourth-order valence-corrected chi connectivity index (χ4v) is 4.37. The number of oxime groups is 1. The fraction of sp³-hybridized carbons (Fsp3) is 0.304. The number of pyridine rings is 2. The number of carbonyl (C=O) groups is 1. The molecule has 0 saturated heterocycles. The maximum Gasteiger partial charge on any atom is 0.343 e. The van der Waals surface area contributed by atoms with Crippen molar-refractivity contribution in [2.45, 2.75) is 39.0 Å². The number of esters is 1. The van der Waals surface area contributed by atoms with Gasteiger partial charge in [0.2, 0.25) is 0 Å². The molecule has 8 nitrogen and oxygen atoms in total. The van der Waals surface area contributed by atoms with Crippen molar-refractivity contribution in [2.75, 3.05) is 6.61 Å². The van der Waals surface area contributed by atoms with Gasteiger partial charge in [0.25, 0.3) is 5.56 Å². The summed E-state index contributed by atoms with van der Waals surface area (Å²) in [5, 5.41) is 15.9. The van der Waals surface area contributed by atoms with Crippen LogP contribution in [0.2, 0.25) is 0 Å². The molecule has 2 aromatic heterocycles. The van der Waals surface area contributed by atoms with Gasteiger partial charge in [-0.3, -0.25) is 4.79 Å². The summed E-state index contributed by atoms with van der Waals surface area (Å²) < 4.78 is 6.74. The third-order valence-corrected chi connectivity index (χ3v) is 6.02. The van der Waals surface area contributed by atoms with Gasteiger partial charge in [0.15, 0.2) is 5.60 Å². The first-order chi connectivity index (χ1) is 15.0. The molecule has 1 atom stereocenters.